The minimum atomic E-state index is -0.567. The fraction of sp³-hybridized carbons (Fsp3) is 0.0952. The molecule has 2 heterocycles. The fourth-order valence-corrected chi connectivity index (χ4v) is 3.88. The molecule has 2 aromatic carbocycles. The summed E-state index contributed by atoms with van der Waals surface area (Å²) in [5, 5.41) is 16.3. The first-order valence-electron chi connectivity index (χ1n) is 9.17. The Labute approximate surface area is 185 Å². The number of nitriles is 1. The van der Waals surface area contributed by atoms with Gasteiger partial charge in [0.1, 0.15) is 11.5 Å². The number of thioether (sulfide) groups is 1. The van der Waals surface area contributed by atoms with Crippen LogP contribution >= 0.6 is 23.4 Å². The Morgan fingerprint density at radius 1 is 1.29 bits per heavy atom. The van der Waals surface area contributed by atoms with Gasteiger partial charge in [0.15, 0.2) is 10.8 Å². The molecule has 0 spiro atoms. The average molecular weight is 451 g/mol. The average Bonchev–Trinajstić information content (AvgIpc) is 3.19. The van der Waals surface area contributed by atoms with Crippen molar-refractivity contribution in [3.8, 4) is 11.8 Å². The van der Waals surface area contributed by atoms with Gasteiger partial charge >= 0.3 is 0 Å². The van der Waals surface area contributed by atoms with E-state index in [4.69, 9.17) is 16.9 Å². The van der Waals surface area contributed by atoms with Crippen molar-refractivity contribution in [1.29, 1.82) is 5.26 Å². The van der Waals surface area contributed by atoms with Gasteiger partial charge in [-0.1, -0.05) is 41.6 Å². The zero-order valence-electron chi connectivity index (χ0n) is 16.2. The van der Waals surface area contributed by atoms with Gasteiger partial charge in [-0.05, 0) is 37.3 Å². The molecule has 154 valence electrons. The van der Waals surface area contributed by atoms with E-state index in [1.54, 1.807) is 17.7 Å². The lowest BCUT2D eigenvalue weighted by molar-refractivity contribution is -0.115. The van der Waals surface area contributed by atoms with Crippen molar-refractivity contribution in [2.24, 2.45) is 0 Å². The summed E-state index contributed by atoms with van der Waals surface area (Å²) >= 11 is 7.13. The molecule has 1 atom stereocenters. The third-order valence-corrected chi connectivity index (χ3v) is 5.73. The highest BCUT2D eigenvalue weighted by molar-refractivity contribution is 8.00. The quantitative estimate of drug-likeness (QED) is 0.353. The molecule has 0 saturated heterocycles. The second kappa shape index (κ2) is 8.63. The van der Waals surface area contributed by atoms with Gasteiger partial charge in [0.25, 0.3) is 5.56 Å². The molecule has 0 fully saturated rings. The number of rotatable bonds is 5. The van der Waals surface area contributed by atoms with Crippen LogP contribution in [0.5, 0.6) is 0 Å². The van der Waals surface area contributed by atoms with E-state index >= 15 is 0 Å². The van der Waals surface area contributed by atoms with Crippen LogP contribution in [-0.2, 0) is 4.79 Å². The van der Waals surface area contributed by atoms with Gasteiger partial charge in [0, 0.05) is 5.69 Å². The van der Waals surface area contributed by atoms with Gasteiger partial charge in [-0.3, -0.25) is 9.59 Å². The number of hydrogen-bond acceptors (Lipinski definition) is 6. The number of para-hydroxylation sites is 1. The zero-order chi connectivity index (χ0) is 22.0. The number of anilines is 1. The van der Waals surface area contributed by atoms with Crippen molar-refractivity contribution >= 4 is 46.0 Å². The number of halogens is 1. The van der Waals surface area contributed by atoms with Crippen molar-refractivity contribution in [2.45, 2.75) is 17.3 Å². The SMILES string of the molecule is C[C@H](Sc1nc2c(cnn2-c2ccccc2)c(=O)[nH]1)C(=O)Nc1ccc(C#N)c(Cl)c1. The van der Waals surface area contributed by atoms with Crippen LogP contribution in [0.4, 0.5) is 5.69 Å². The summed E-state index contributed by atoms with van der Waals surface area (Å²) in [5.74, 6) is -0.301. The molecule has 4 aromatic rings. The smallest absolute Gasteiger partial charge is 0.262 e. The standard InChI is InChI=1S/C21H15ClN6O2S/c1-12(19(29)25-14-8-7-13(10-23)17(22)9-14)31-21-26-18-16(20(30)27-21)11-24-28(18)15-5-3-2-4-6-15/h2-9,11-12H,1H3,(H,25,29)(H,26,27,30)/t12-/m0/s1. The molecule has 2 N–H and O–H groups in total. The van der Waals surface area contributed by atoms with E-state index in [0.29, 0.717) is 27.4 Å². The largest absolute Gasteiger partial charge is 0.325 e. The summed E-state index contributed by atoms with van der Waals surface area (Å²) in [6, 6.07) is 16.0. The Hall–Kier alpha value is -3.61. The Bertz CT molecular complexity index is 1380. The number of carbonyl (C=O) groups is 1. The summed E-state index contributed by atoms with van der Waals surface area (Å²) < 4.78 is 1.58. The number of nitrogens with zero attached hydrogens (tertiary/aromatic N) is 4. The number of aromatic amines is 1. The fourth-order valence-electron chi connectivity index (χ4n) is 2.86. The van der Waals surface area contributed by atoms with Crippen LogP contribution in [0.25, 0.3) is 16.7 Å². The summed E-state index contributed by atoms with van der Waals surface area (Å²) in [7, 11) is 0. The van der Waals surface area contributed by atoms with Crippen molar-refractivity contribution in [1.82, 2.24) is 19.7 Å². The van der Waals surface area contributed by atoms with E-state index in [0.717, 1.165) is 17.4 Å². The number of fused-ring (bicyclic) bond motifs is 1. The summed E-state index contributed by atoms with van der Waals surface area (Å²) in [4.78, 5) is 32.3. The highest BCUT2D eigenvalue weighted by Crippen LogP contribution is 2.24. The molecule has 31 heavy (non-hydrogen) atoms. The number of amides is 1. The van der Waals surface area contributed by atoms with E-state index < -0.39 is 5.25 Å². The Morgan fingerprint density at radius 3 is 2.77 bits per heavy atom. The normalized spacial score (nSPS) is 11.8. The minimum Gasteiger partial charge on any atom is -0.325 e. The maximum absolute atomic E-state index is 12.6. The third-order valence-electron chi connectivity index (χ3n) is 4.43. The molecule has 0 aliphatic heterocycles. The molecule has 4 rings (SSSR count). The van der Waals surface area contributed by atoms with Crippen LogP contribution in [-0.4, -0.2) is 30.9 Å². The van der Waals surface area contributed by atoms with Gasteiger partial charge in [0.05, 0.1) is 27.7 Å². The second-order valence-corrected chi connectivity index (χ2v) is 8.29. The molecule has 2 aromatic heterocycles. The Morgan fingerprint density at radius 2 is 2.06 bits per heavy atom. The first kappa shape index (κ1) is 20.7. The van der Waals surface area contributed by atoms with Crippen LogP contribution in [0.3, 0.4) is 0 Å². The number of benzene rings is 2. The molecular weight excluding hydrogens is 436 g/mol. The number of hydrogen-bond donors (Lipinski definition) is 2. The van der Waals surface area contributed by atoms with Gasteiger partial charge in [-0.15, -0.1) is 0 Å². The highest BCUT2D eigenvalue weighted by atomic mass is 35.5. The van der Waals surface area contributed by atoms with Gasteiger partial charge in [-0.25, -0.2) is 9.67 Å². The second-order valence-electron chi connectivity index (χ2n) is 6.56. The molecule has 0 radical (unpaired) electrons. The number of aromatic nitrogens is 4. The van der Waals surface area contributed by atoms with Crippen LogP contribution in [0.2, 0.25) is 5.02 Å². The maximum Gasteiger partial charge on any atom is 0.262 e. The van der Waals surface area contributed by atoms with Crippen LogP contribution in [0.1, 0.15) is 12.5 Å². The maximum atomic E-state index is 12.6. The molecule has 1 amide bonds. The summed E-state index contributed by atoms with van der Waals surface area (Å²) in [6.45, 7) is 1.70. The lowest BCUT2D eigenvalue weighted by Gasteiger charge is -2.12. The topological polar surface area (TPSA) is 116 Å². The molecule has 0 bridgehead atoms. The van der Waals surface area contributed by atoms with Crippen LogP contribution in [0, 0.1) is 11.3 Å². The monoisotopic (exact) mass is 450 g/mol. The van der Waals surface area contributed by atoms with Gasteiger partial charge < -0.3 is 10.3 Å². The third kappa shape index (κ3) is 4.30. The highest BCUT2D eigenvalue weighted by Gasteiger charge is 2.19. The predicted octanol–water partition coefficient (Wildman–Crippen LogP) is 3.75. The van der Waals surface area contributed by atoms with Crippen LogP contribution in [0.15, 0.2) is 64.7 Å². The molecule has 0 aliphatic carbocycles. The molecule has 10 heteroatoms. The van der Waals surface area contributed by atoms with Gasteiger partial charge in [-0.2, -0.15) is 10.4 Å². The lowest BCUT2D eigenvalue weighted by Crippen LogP contribution is -2.23. The number of nitrogens with one attached hydrogen (secondary N) is 2. The molecular formula is C21H15ClN6O2S. The van der Waals surface area contributed by atoms with Crippen molar-refractivity contribution in [2.75, 3.05) is 5.32 Å². The zero-order valence-corrected chi connectivity index (χ0v) is 17.7. The van der Waals surface area contributed by atoms with Crippen molar-refractivity contribution < 1.29 is 4.79 Å². The van der Waals surface area contributed by atoms with Crippen molar-refractivity contribution in [3.05, 3.63) is 75.7 Å². The van der Waals surface area contributed by atoms with E-state index in [-0.39, 0.29) is 16.5 Å². The first-order chi connectivity index (χ1) is 15.0. The molecule has 8 nitrogen and oxygen atoms in total. The van der Waals surface area contributed by atoms with Gasteiger partial charge in [0.2, 0.25) is 5.91 Å². The molecule has 0 saturated carbocycles. The summed E-state index contributed by atoms with van der Waals surface area (Å²) in [6.07, 6.45) is 1.47. The molecule has 0 unspecified atom stereocenters. The summed E-state index contributed by atoms with van der Waals surface area (Å²) in [5.41, 5.74) is 1.65. The number of H-pyrrole nitrogens is 1. The Balaban J connectivity index is 1.56. The lowest BCUT2D eigenvalue weighted by atomic mass is 10.2. The van der Waals surface area contributed by atoms with E-state index in [2.05, 4.69) is 20.4 Å². The molecule has 0 aliphatic rings. The van der Waals surface area contributed by atoms with E-state index in [1.165, 1.54) is 18.3 Å². The minimum absolute atomic E-state index is 0.256. The first-order valence-corrected chi connectivity index (χ1v) is 10.4. The van der Waals surface area contributed by atoms with E-state index in [1.807, 2.05) is 36.4 Å². The Kier molecular flexibility index (Phi) is 5.75. The number of carbonyl (C=O) groups excluding carboxylic acids is 1. The van der Waals surface area contributed by atoms with Crippen molar-refractivity contribution in [3.63, 3.8) is 0 Å². The van der Waals surface area contributed by atoms with E-state index in [9.17, 15) is 9.59 Å². The predicted molar refractivity (Wildman–Crippen MR) is 120 cm³/mol. The van der Waals surface area contributed by atoms with Crippen LogP contribution < -0.4 is 10.9 Å².